The first-order valence-electron chi connectivity index (χ1n) is 6.40. The summed E-state index contributed by atoms with van der Waals surface area (Å²) in [6.45, 7) is 2.75. The van der Waals surface area contributed by atoms with Gasteiger partial charge in [-0.15, -0.1) is 0 Å². The summed E-state index contributed by atoms with van der Waals surface area (Å²) in [7, 11) is 0. The molecule has 1 amide bonds. The summed E-state index contributed by atoms with van der Waals surface area (Å²) >= 11 is 0. The number of carbonyl (C=O) groups is 1. The Labute approximate surface area is 97.9 Å². The molecule has 1 fully saturated rings. The Morgan fingerprint density at radius 1 is 1.44 bits per heavy atom. The minimum absolute atomic E-state index is 0.197. The Kier molecular flexibility index (Phi) is 6.42. The average Bonchev–Trinajstić information content (AvgIpc) is 2.34. The molecule has 4 heteroatoms. The molecule has 1 aliphatic carbocycles. The first-order valence-corrected chi connectivity index (χ1v) is 6.40. The highest BCUT2D eigenvalue weighted by atomic mass is 16.5. The van der Waals surface area contributed by atoms with Gasteiger partial charge in [-0.2, -0.15) is 0 Å². The van der Waals surface area contributed by atoms with Crippen LogP contribution in [0.2, 0.25) is 0 Å². The predicted molar refractivity (Wildman–Crippen MR) is 63.6 cm³/mol. The predicted octanol–water partition coefficient (Wildman–Crippen LogP) is 1.74. The van der Waals surface area contributed by atoms with Crippen molar-refractivity contribution in [2.24, 2.45) is 11.8 Å². The highest BCUT2D eigenvalue weighted by Gasteiger charge is 2.20. The Morgan fingerprint density at radius 3 is 2.69 bits per heavy atom. The van der Waals surface area contributed by atoms with Gasteiger partial charge in [0.1, 0.15) is 6.10 Å². The largest absolute Gasteiger partial charge is 0.368 e. The number of hydrogen-bond acceptors (Lipinski definition) is 3. The van der Waals surface area contributed by atoms with Crippen molar-refractivity contribution >= 4 is 5.91 Å². The maximum atomic E-state index is 11.4. The zero-order valence-corrected chi connectivity index (χ0v) is 10.2. The molecule has 0 radical (unpaired) electrons. The van der Waals surface area contributed by atoms with Gasteiger partial charge in [0.05, 0.1) is 6.61 Å². The number of hydrogen-bond donors (Lipinski definition) is 2. The topological polar surface area (TPSA) is 64.3 Å². The van der Waals surface area contributed by atoms with Crippen LogP contribution in [-0.4, -0.2) is 18.6 Å². The lowest BCUT2D eigenvalue weighted by atomic mass is 9.90. The number of rotatable bonds is 6. The molecule has 0 aromatic rings. The van der Waals surface area contributed by atoms with Crippen LogP contribution in [0.4, 0.5) is 0 Å². The molecule has 0 spiro atoms. The highest BCUT2D eigenvalue weighted by Crippen LogP contribution is 2.24. The third-order valence-corrected chi connectivity index (χ3v) is 3.24. The van der Waals surface area contributed by atoms with Crippen molar-refractivity contribution in [2.45, 2.75) is 58.0 Å². The Bertz CT molecular complexity index is 203. The normalized spacial score (nSPS) is 19.4. The fraction of sp³-hybridized carbons (Fsp3) is 0.917. The Balaban J connectivity index is 2.27. The third kappa shape index (κ3) is 4.49. The van der Waals surface area contributed by atoms with Crippen LogP contribution in [0.25, 0.3) is 0 Å². The van der Waals surface area contributed by atoms with Gasteiger partial charge in [-0.05, 0) is 25.2 Å². The quantitative estimate of drug-likeness (QED) is 0.413. The molecule has 1 rings (SSSR count). The van der Waals surface area contributed by atoms with E-state index in [2.05, 4.69) is 5.43 Å². The molecule has 1 atom stereocenters. The maximum Gasteiger partial charge on any atom is 0.262 e. The van der Waals surface area contributed by atoms with Gasteiger partial charge in [-0.25, -0.2) is 5.84 Å². The molecule has 1 aliphatic rings. The van der Waals surface area contributed by atoms with Gasteiger partial charge in [0.2, 0.25) is 0 Å². The van der Waals surface area contributed by atoms with Gasteiger partial charge in [0.25, 0.3) is 5.91 Å². The Hall–Kier alpha value is -0.610. The molecule has 16 heavy (non-hydrogen) atoms. The number of ether oxygens (including phenoxy) is 1. The summed E-state index contributed by atoms with van der Waals surface area (Å²) in [6.07, 6.45) is 7.74. The summed E-state index contributed by atoms with van der Waals surface area (Å²) in [5.41, 5.74) is 2.17. The lowest BCUT2D eigenvalue weighted by Crippen LogP contribution is -2.41. The van der Waals surface area contributed by atoms with Crippen molar-refractivity contribution in [2.75, 3.05) is 6.61 Å². The van der Waals surface area contributed by atoms with Crippen LogP contribution in [0, 0.1) is 5.92 Å². The van der Waals surface area contributed by atoms with E-state index in [1.807, 2.05) is 6.92 Å². The van der Waals surface area contributed by atoms with Crippen LogP contribution in [-0.2, 0) is 9.53 Å². The summed E-state index contributed by atoms with van der Waals surface area (Å²) in [6, 6.07) is 0. The van der Waals surface area contributed by atoms with Crippen LogP contribution in [0.1, 0.15) is 51.9 Å². The Morgan fingerprint density at radius 2 is 2.12 bits per heavy atom. The van der Waals surface area contributed by atoms with Gasteiger partial charge in [0, 0.05) is 0 Å². The molecule has 1 saturated carbocycles. The van der Waals surface area contributed by atoms with Crippen LogP contribution < -0.4 is 11.3 Å². The first kappa shape index (κ1) is 13.5. The fourth-order valence-corrected chi connectivity index (χ4v) is 2.25. The van der Waals surface area contributed by atoms with E-state index >= 15 is 0 Å². The minimum Gasteiger partial charge on any atom is -0.368 e. The molecule has 1 unspecified atom stereocenters. The van der Waals surface area contributed by atoms with E-state index in [9.17, 15) is 4.79 Å². The summed E-state index contributed by atoms with van der Waals surface area (Å²) < 4.78 is 5.68. The molecule has 94 valence electrons. The second-order valence-corrected chi connectivity index (χ2v) is 4.62. The molecular weight excluding hydrogens is 204 g/mol. The van der Waals surface area contributed by atoms with Gasteiger partial charge in [-0.1, -0.05) is 32.6 Å². The first-order chi connectivity index (χ1) is 7.77. The van der Waals surface area contributed by atoms with E-state index in [0.29, 0.717) is 12.5 Å². The second-order valence-electron chi connectivity index (χ2n) is 4.62. The average molecular weight is 228 g/mol. The van der Waals surface area contributed by atoms with E-state index in [-0.39, 0.29) is 12.0 Å². The summed E-state index contributed by atoms with van der Waals surface area (Å²) in [5, 5.41) is 0. The monoisotopic (exact) mass is 228 g/mol. The second kappa shape index (κ2) is 7.63. The SMILES string of the molecule is CCCC(OCC1CCCCC1)C(=O)NN. The minimum atomic E-state index is -0.364. The lowest BCUT2D eigenvalue weighted by molar-refractivity contribution is -0.134. The van der Waals surface area contributed by atoms with E-state index in [4.69, 9.17) is 10.6 Å². The van der Waals surface area contributed by atoms with Gasteiger partial charge >= 0.3 is 0 Å². The van der Waals surface area contributed by atoms with Crippen LogP contribution >= 0.6 is 0 Å². The molecule has 0 aliphatic heterocycles. The number of nitrogens with two attached hydrogens (primary N) is 1. The number of carbonyl (C=O) groups excluding carboxylic acids is 1. The molecule has 3 N–H and O–H groups in total. The molecule has 0 aromatic heterocycles. The molecular formula is C12H24N2O2. The zero-order valence-electron chi connectivity index (χ0n) is 10.2. The molecule has 0 heterocycles. The molecule has 0 aromatic carbocycles. The van der Waals surface area contributed by atoms with E-state index in [0.717, 1.165) is 12.8 Å². The van der Waals surface area contributed by atoms with Gasteiger partial charge < -0.3 is 4.74 Å². The molecule has 0 saturated heterocycles. The lowest BCUT2D eigenvalue weighted by Gasteiger charge is -2.24. The van der Waals surface area contributed by atoms with Crippen molar-refractivity contribution in [3.8, 4) is 0 Å². The van der Waals surface area contributed by atoms with Crippen molar-refractivity contribution in [3.63, 3.8) is 0 Å². The van der Waals surface area contributed by atoms with Crippen LogP contribution in [0.15, 0.2) is 0 Å². The maximum absolute atomic E-state index is 11.4. The third-order valence-electron chi connectivity index (χ3n) is 3.24. The van der Waals surface area contributed by atoms with Crippen LogP contribution in [0.3, 0.4) is 0 Å². The van der Waals surface area contributed by atoms with E-state index in [1.165, 1.54) is 32.1 Å². The number of amides is 1. The molecule has 0 bridgehead atoms. The van der Waals surface area contributed by atoms with Gasteiger partial charge in [-0.3, -0.25) is 10.2 Å². The van der Waals surface area contributed by atoms with Crippen molar-refractivity contribution in [1.82, 2.24) is 5.43 Å². The highest BCUT2D eigenvalue weighted by molar-refractivity contribution is 5.80. The van der Waals surface area contributed by atoms with Crippen LogP contribution in [0.5, 0.6) is 0 Å². The van der Waals surface area contributed by atoms with Gasteiger partial charge in [0.15, 0.2) is 0 Å². The standard InChI is InChI=1S/C12H24N2O2/c1-2-6-11(12(15)14-13)16-9-10-7-4-3-5-8-10/h10-11H,2-9,13H2,1H3,(H,14,15). The molecule has 4 nitrogen and oxygen atoms in total. The smallest absolute Gasteiger partial charge is 0.262 e. The van der Waals surface area contributed by atoms with Crippen molar-refractivity contribution in [3.05, 3.63) is 0 Å². The summed E-state index contributed by atoms with van der Waals surface area (Å²) in [4.78, 5) is 11.4. The zero-order chi connectivity index (χ0) is 11.8. The number of nitrogens with one attached hydrogen (secondary N) is 1. The van der Waals surface area contributed by atoms with Crippen molar-refractivity contribution < 1.29 is 9.53 Å². The summed E-state index contributed by atoms with van der Waals surface area (Å²) in [5.74, 6) is 5.57. The van der Waals surface area contributed by atoms with E-state index < -0.39 is 0 Å². The number of hydrazine groups is 1. The fourth-order valence-electron chi connectivity index (χ4n) is 2.25. The van der Waals surface area contributed by atoms with E-state index in [1.54, 1.807) is 0 Å². The van der Waals surface area contributed by atoms with Crippen molar-refractivity contribution in [1.29, 1.82) is 0 Å².